The van der Waals surface area contributed by atoms with Crippen LogP contribution in [0.4, 0.5) is 0 Å². The van der Waals surface area contributed by atoms with Crippen molar-refractivity contribution < 1.29 is 4.74 Å². The van der Waals surface area contributed by atoms with Gasteiger partial charge < -0.3 is 10.5 Å². The average Bonchev–Trinajstić information content (AvgIpc) is 2.31. The van der Waals surface area contributed by atoms with E-state index in [0.29, 0.717) is 18.3 Å². The van der Waals surface area contributed by atoms with E-state index < -0.39 is 0 Å². The van der Waals surface area contributed by atoms with E-state index >= 15 is 0 Å². The number of nitrogens with two attached hydrogens (primary N) is 1. The zero-order valence-electron chi connectivity index (χ0n) is 9.35. The lowest BCUT2D eigenvalue weighted by Crippen LogP contribution is -2.01. The maximum atomic E-state index is 5.66. The molecular formula is C12H12BrN3O. The number of benzene rings is 1. The van der Waals surface area contributed by atoms with E-state index in [9.17, 15) is 0 Å². The monoisotopic (exact) mass is 293 g/mol. The van der Waals surface area contributed by atoms with Gasteiger partial charge in [-0.1, -0.05) is 15.9 Å². The molecule has 0 atom stereocenters. The summed E-state index contributed by atoms with van der Waals surface area (Å²) in [6, 6.07) is 7.81. The highest BCUT2D eigenvalue weighted by Crippen LogP contribution is 2.25. The van der Waals surface area contributed by atoms with Crippen molar-refractivity contribution in [1.29, 1.82) is 0 Å². The molecule has 0 aliphatic rings. The van der Waals surface area contributed by atoms with Gasteiger partial charge in [-0.05, 0) is 31.2 Å². The number of nitrogens with zero attached hydrogens (tertiary/aromatic N) is 2. The molecular weight excluding hydrogens is 282 g/mol. The fourth-order valence-electron chi connectivity index (χ4n) is 1.38. The van der Waals surface area contributed by atoms with Crippen LogP contribution in [-0.2, 0) is 6.54 Å². The molecule has 88 valence electrons. The largest absolute Gasteiger partial charge is 0.424 e. The summed E-state index contributed by atoms with van der Waals surface area (Å²) in [5, 5.41) is 0. The number of hydrogen-bond donors (Lipinski definition) is 1. The van der Waals surface area contributed by atoms with E-state index in [1.165, 1.54) is 0 Å². The van der Waals surface area contributed by atoms with E-state index in [1.54, 1.807) is 6.20 Å². The van der Waals surface area contributed by atoms with Crippen LogP contribution in [0.2, 0.25) is 0 Å². The van der Waals surface area contributed by atoms with E-state index in [0.717, 1.165) is 15.7 Å². The molecule has 0 saturated carbocycles. The quantitative estimate of drug-likeness (QED) is 0.945. The molecule has 0 aliphatic carbocycles. The summed E-state index contributed by atoms with van der Waals surface area (Å²) in [6.07, 6.45) is 1.67. The second kappa shape index (κ2) is 5.25. The third-order valence-electron chi connectivity index (χ3n) is 2.22. The fourth-order valence-corrected chi connectivity index (χ4v) is 1.79. The Labute approximate surface area is 108 Å². The van der Waals surface area contributed by atoms with Crippen LogP contribution in [-0.4, -0.2) is 9.97 Å². The molecule has 0 aliphatic heterocycles. The Bertz CT molecular complexity index is 531. The third-order valence-corrected chi connectivity index (χ3v) is 2.71. The molecule has 0 radical (unpaired) electrons. The molecule has 0 spiro atoms. The van der Waals surface area contributed by atoms with Crippen molar-refractivity contribution in [3.8, 4) is 11.8 Å². The van der Waals surface area contributed by atoms with Crippen LogP contribution in [0.5, 0.6) is 11.8 Å². The summed E-state index contributed by atoms with van der Waals surface area (Å²) in [7, 11) is 0. The van der Waals surface area contributed by atoms with Gasteiger partial charge in [-0.25, -0.2) is 9.97 Å². The number of halogens is 1. The normalized spacial score (nSPS) is 10.3. The Balaban J connectivity index is 2.29. The van der Waals surface area contributed by atoms with Gasteiger partial charge in [0.1, 0.15) is 5.75 Å². The number of rotatable bonds is 3. The Kier molecular flexibility index (Phi) is 3.71. The smallest absolute Gasteiger partial charge is 0.322 e. The second-order valence-electron chi connectivity index (χ2n) is 3.54. The van der Waals surface area contributed by atoms with Gasteiger partial charge in [-0.15, -0.1) is 0 Å². The lowest BCUT2D eigenvalue weighted by atomic mass is 10.2. The molecule has 0 unspecified atom stereocenters. The highest BCUT2D eigenvalue weighted by Gasteiger charge is 2.06. The fraction of sp³-hybridized carbons (Fsp3) is 0.167. The van der Waals surface area contributed by atoms with Crippen molar-refractivity contribution in [2.45, 2.75) is 13.5 Å². The first-order chi connectivity index (χ1) is 8.19. The molecule has 0 bridgehead atoms. The van der Waals surface area contributed by atoms with Crippen LogP contribution in [0.3, 0.4) is 0 Å². The summed E-state index contributed by atoms with van der Waals surface area (Å²) < 4.78 is 6.58. The first kappa shape index (κ1) is 12.0. The molecule has 2 aromatic rings. The molecule has 1 heterocycles. The number of aromatic nitrogens is 2. The zero-order valence-corrected chi connectivity index (χ0v) is 10.9. The lowest BCUT2D eigenvalue weighted by Gasteiger charge is -2.08. The maximum Gasteiger partial charge on any atom is 0.322 e. The van der Waals surface area contributed by atoms with Gasteiger partial charge in [0.05, 0.1) is 0 Å². The molecule has 0 amide bonds. The predicted molar refractivity (Wildman–Crippen MR) is 68.9 cm³/mol. The molecule has 2 rings (SSSR count). The lowest BCUT2D eigenvalue weighted by molar-refractivity contribution is 0.435. The van der Waals surface area contributed by atoms with E-state index in [1.807, 2.05) is 31.2 Å². The van der Waals surface area contributed by atoms with Crippen molar-refractivity contribution in [2.24, 2.45) is 5.73 Å². The highest BCUT2D eigenvalue weighted by molar-refractivity contribution is 9.10. The van der Waals surface area contributed by atoms with Gasteiger partial charge in [0.2, 0.25) is 0 Å². The summed E-state index contributed by atoms with van der Waals surface area (Å²) in [4.78, 5) is 8.23. The zero-order chi connectivity index (χ0) is 12.3. The molecule has 2 N–H and O–H groups in total. The number of hydrogen-bond acceptors (Lipinski definition) is 4. The summed E-state index contributed by atoms with van der Waals surface area (Å²) in [6.45, 7) is 2.29. The Morgan fingerprint density at radius 3 is 2.88 bits per heavy atom. The Morgan fingerprint density at radius 2 is 2.18 bits per heavy atom. The van der Waals surface area contributed by atoms with E-state index in [-0.39, 0.29) is 0 Å². The Morgan fingerprint density at radius 1 is 1.35 bits per heavy atom. The molecule has 4 nitrogen and oxygen atoms in total. The first-order valence-corrected chi connectivity index (χ1v) is 5.94. The average molecular weight is 294 g/mol. The van der Waals surface area contributed by atoms with Gasteiger partial charge in [0, 0.05) is 28.5 Å². The van der Waals surface area contributed by atoms with Crippen molar-refractivity contribution in [1.82, 2.24) is 9.97 Å². The van der Waals surface area contributed by atoms with Crippen LogP contribution in [0.1, 0.15) is 11.3 Å². The van der Waals surface area contributed by atoms with Gasteiger partial charge >= 0.3 is 6.01 Å². The van der Waals surface area contributed by atoms with Crippen LogP contribution >= 0.6 is 15.9 Å². The minimum atomic E-state index is 0.335. The maximum absolute atomic E-state index is 5.66. The molecule has 0 saturated heterocycles. The van der Waals surface area contributed by atoms with Crippen molar-refractivity contribution in [2.75, 3.05) is 0 Å². The molecule has 1 aromatic heterocycles. The van der Waals surface area contributed by atoms with Crippen molar-refractivity contribution in [3.05, 3.63) is 46.2 Å². The van der Waals surface area contributed by atoms with Gasteiger partial charge in [0.25, 0.3) is 0 Å². The van der Waals surface area contributed by atoms with Crippen LogP contribution < -0.4 is 10.5 Å². The number of ether oxygens (including phenoxy) is 1. The predicted octanol–water partition coefficient (Wildman–Crippen LogP) is 2.80. The molecule has 0 fully saturated rings. The standard InChI is InChI=1S/C12H12BrN3O/c1-8-4-5-15-12(16-8)17-11-3-2-10(13)6-9(11)7-14/h2-6H,7,14H2,1H3. The van der Waals surface area contributed by atoms with E-state index in [2.05, 4.69) is 25.9 Å². The SMILES string of the molecule is Cc1ccnc(Oc2ccc(Br)cc2CN)n1. The second-order valence-corrected chi connectivity index (χ2v) is 4.45. The van der Waals surface area contributed by atoms with Crippen LogP contribution in [0.15, 0.2) is 34.9 Å². The van der Waals surface area contributed by atoms with Crippen molar-refractivity contribution >= 4 is 15.9 Å². The molecule has 1 aromatic carbocycles. The topological polar surface area (TPSA) is 61.0 Å². The molecule has 17 heavy (non-hydrogen) atoms. The van der Waals surface area contributed by atoms with Crippen LogP contribution in [0.25, 0.3) is 0 Å². The minimum absolute atomic E-state index is 0.335. The van der Waals surface area contributed by atoms with Crippen molar-refractivity contribution in [3.63, 3.8) is 0 Å². The van der Waals surface area contributed by atoms with Gasteiger partial charge in [0.15, 0.2) is 0 Å². The Hall–Kier alpha value is -1.46. The summed E-state index contributed by atoms with van der Waals surface area (Å²) >= 11 is 3.39. The summed E-state index contributed by atoms with van der Waals surface area (Å²) in [5.74, 6) is 0.682. The molecule has 5 heteroatoms. The van der Waals surface area contributed by atoms with E-state index in [4.69, 9.17) is 10.5 Å². The minimum Gasteiger partial charge on any atom is -0.424 e. The third kappa shape index (κ3) is 3.01. The van der Waals surface area contributed by atoms with Gasteiger partial charge in [-0.2, -0.15) is 0 Å². The first-order valence-electron chi connectivity index (χ1n) is 5.15. The van der Waals surface area contributed by atoms with Gasteiger partial charge in [-0.3, -0.25) is 0 Å². The highest BCUT2D eigenvalue weighted by atomic mass is 79.9. The summed E-state index contributed by atoms with van der Waals surface area (Å²) in [5.41, 5.74) is 7.43. The van der Waals surface area contributed by atoms with Crippen LogP contribution in [0, 0.1) is 6.92 Å². The number of aryl methyl sites for hydroxylation is 1.